The Hall–Kier alpha value is -3.19. The van der Waals surface area contributed by atoms with Crippen LogP contribution in [0.4, 0.5) is 5.69 Å². The van der Waals surface area contributed by atoms with Gasteiger partial charge in [-0.3, -0.25) is 4.79 Å². The molecule has 1 N–H and O–H groups in total. The summed E-state index contributed by atoms with van der Waals surface area (Å²) >= 11 is 1.25. The lowest BCUT2D eigenvalue weighted by Gasteiger charge is -2.08. The van der Waals surface area contributed by atoms with Gasteiger partial charge in [0.2, 0.25) is 0 Å². The van der Waals surface area contributed by atoms with Crippen molar-refractivity contribution < 1.29 is 19.1 Å². The summed E-state index contributed by atoms with van der Waals surface area (Å²) < 4.78 is 10.6. The normalized spacial score (nSPS) is 10.4. The molecule has 7 heteroatoms. The predicted octanol–water partition coefficient (Wildman–Crippen LogP) is 4.31. The number of esters is 1. The van der Waals surface area contributed by atoms with Crippen LogP contribution in [0.25, 0.3) is 11.3 Å². The van der Waals surface area contributed by atoms with Crippen LogP contribution in [0.15, 0.2) is 54.6 Å². The van der Waals surface area contributed by atoms with E-state index in [0.717, 1.165) is 16.3 Å². The van der Waals surface area contributed by atoms with E-state index in [9.17, 15) is 9.59 Å². The molecule has 0 aliphatic heterocycles. The fourth-order valence-electron chi connectivity index (χ4n) is 2.55. The van der Waals surface area contributed by atoms with Crippen molar-refractivity contribution in [1.82, 2.24) is 4.98 Å². The fourth-order valence-corrected chi connectivity index (χ4v) is 3.39. The lowest BCUT2D eigenvalue weighted by atomic mass is 10.1. The second-order valence-electron chi connectivity index (χ2n) is 5.86. The lowest BCUT2D eigenvalue weighted by Crippen LogP contribution is -2.20. The van der Waals surface area contributed by atoms with E-state index in [-0.39, 0.29) is 6.61 Å². The molecule has 1 aromatic heterocycles. The molecule has 144 valence electrons. The third kappa shape index (κ3) is 4.95. The number of carbonyl (C=O) groups excluding carboxylic acids is 2. The molecule has 0 unspecified atom stereocenters. The summed E-state index contributed by atoms with van der Waals surface area (Å²) in [4.78, 5) is 29.4. The van der Waals surface area contributed by atoms with E-state index in [1.165, 1.54) is 11.3 Å². The van der Waals surface area contributed by atoms with Crippen LogP contribution >= 0.6 is 11.3 Å². The van der Waals surface area contributed by atoms with E-state index < -0.39 is 11.9 Å². The summed E-state index contributed by atoms with van der Waals surface area (Å²) in [6.07, 6.45) is 0. The van der Waals surface area contributed by atoms with E-state index in [1.807, 2.05) is 44.2 Å². The maximum absolute atomic E-state index is 12.5. The molecule has 0 saturated carbocycles. The fraction of sp³-hybridized carbons (Fsp3) is 0.190. The number of hydrogen-bond acceptors (Lipinski definition) is 6. The van der Waals surface area contributed by atoms with Gasteiger partial charge in [-0.2, -0.15) is 0 Å². The van der Waals surface area contributed by atoms with Crippen LogP contribution in [-0.2, 0) is 9.53 Å². The molecular weight excluding hydrogens is 376 g/mol. The first kappa shape index (κ1) is 19.6. The molecule has 0 atom stereocenters. The summed E-state index contributed by atoms with van der Waals surface area (Å²) in [5, 5.41) is 3.44. The van der Waals surface area contributed by atoms with Crippen LogP contribution in [0.1, 0.15) is 21.6 Å². The van der Waals surface area contributed by atoms with Crippen molar-refractivity contribution in [1.29, 1.82) is 0 Å². The molecule has 0 radical (unpaired) electrons. The molecular formula is C21H20N2O4S. The Kier molecular flexibility index (Phi) is 6.39. The van der Waals surface area contributed by atoms with E-state index in [4.69, 9.17) is 9.47 Å². The largest absolute Gasteiger partial charge is 0.494 e. The molecule has 0 saturated heterocycles. The van der Waals surface area contributed by atoms with Crippen LogP contribution in [0.3, 0.4) is 0 Å². The van der Waals surface area contributed by atoms with Gasteiger partial charge in [0, 0.05) is 11.3 Å². The van der Waals surface area contributed by atoms with Gasteiger partial charge in [0.1, 0.15) is 10.6 Å². The lowest BCUT2D eigenvalue weighted by molar-refractivity contribution is -0.119. The van der Waals surface area contributed by atoms with Gasteiger partial charge >= 0.3 is 5.97 Å². The van der Waals surface area contributed by atoms with Gasteiger partial charge in [-0.25, -0.2) is 9.78 Å². The van der Waals surface area contributed by atoms with E-state index >= 15 is 0 Å². The van der Waals surface area contributed by atoms with Crippen molar-refractivity contribution in [3.8, 4) is 17.0 Å². The SMILES string of the molecule is CCOc1ccc(NC(=O)COC(=O)c2sc(C)nc2-c2ccccc2)cc1. The first-order chi connectivity index (χ1) is 13.6. The summed E-state index contributed by atoms with van der Waals surface area (Å²) in [5.74, 6) is -0.257. The van der Waals surface area contributed by atoms with Crippen molar-refractivity contribution in [2.75, 3.05) is 18.5 Å². The Bertz CT molecular complexity index is 952. The Balaban J connectivity index is 1.60. The smallest absolute Gasteiger partial charge is 0.351 e. The van der Waals surface area contributed by atoms with Crippen molar-refractivity contribution in [2.45, 2.75) is 13.8 Å². The van der Waals surface area contributed by atoms with Gasteiger partial charge in [-0.1, -0.05) is 30.3 Å². The number of rotatable bonds is 7. The Morgan fingerprint density at radius 1 is 1.07 bits per heavy atom. The van der Waals surface area contributed by atoms with Crippen molar-refractivity contribution in [2.24, 2.45) is 0 Å². The minimum atomic E-state index is -0.564. The van der Waals surface area contributed by atoms with Crippen molar-refractivity contribution in [3.63, 3.8) is 0 Å². The molecule has 3 aromatic rings. The molecule has 0 bridgehead atoms. The number of ether oxygens (including phenoxy) is 2. The van der Waals surface area contributed by atoms with Gasteiger partial charge in [0.05, 0.1) is 17.3 Å². The zero-order valence-corrected chi connectivity index (χ0v) is 16.4. The van der Waals surface area contributed by atoms with Crippen LogP contribution in [-0.4, -0.2) is 30.1 Å². The second kappa shape index (κ2) is 9.14. The first-order valence-corrected chi connectivity index (χ1v) is 9.61. The predicted molar refractivity (Wildman–Crippen MR) is 109 cm³/mol. The Morgan fingerprint density at radius 2 is 1.79 bits per heavy atom. The van der Waals surface area contributed by atoms with Gasteiger partial charge in [0.25, 0.3) is 5.91 Å². The highest BCUT2D eigenvalue weighted by molar-refractivity contribution is 7.14. The molecule has 0 fully saturated rings. The quantitative estimate of drug-likeness (QED) is 0.602. The van der Waals surface area contributed by atoms with Gasteiger partial charge in [0.15, 0.2) is 6.61 Å². The number of amides is 1. The number of thiazole rings is 1. The molecule has 2 aromatic carbocycles. The number of nitrogens with zero attached hydrogens (tertiary/aromatic N) is 1. The van der Waals surface area contributed by atoms with Crippen LogP contribution in [0, 0.1) is 6.92 Å². The van der Waals surface area contributed by atoms with Gasteiger partial charge in [-0.15, -0.1) is 11.3 Å². The number of anilines is 1. The number of carbonyl (C=O) groups is 2. The molecule has 6 nitrogen and oxygen atoms in total. The molecule has 28 heavy (non-hydrogen) atoms. The van der Waals surface area contributed by atoms with Crippen LogP contribution in [0.2, 0.25) is 0 Å². The minimum Gasteiger partial charge on any atom is -0.494 e. The third-order valence-electron chi connectivity index (χ3n) is 3.75. The number of nitrogens with one attached hydrogen (secondary N) is 1. The van der Waals surface area contributed by atoms with Crippen LogP contribution in [0.5, 0.6) is 5.75 Å². The second-order valence-corrected chi connectivity index (χ2v) is 7.06. The number of benzene rings is 2. The molecule has 0 aliphatic rings. The monoisotopic (exact) mass is 396 g/mol. The number of aromatic nitrogens is 1. The highest BCUT2D eigenvalue weighted by atomic mass is 32.1. The molecule has 1 amide bonds. The summed E-state index contributed by atoms with van der Waals surface area (Å²) in [7, 11) is 0. The molecule has 0 aliphatic carbocycles. The zero-order valence-electron chi connectivity index (χ0n) is 15.6. The maximum Gasteiger partial charge on any atom is 0.351 e. The zero-order chi connectivity index (χ0) is 19.9. The summed E-state index contributed by atoms with van der Waals surface area (Å²) in [6.45, 7) is 3.92. The molecule has 3 rings (SSSR count). The number of hydrogen-bond donors (Lipinski definition) is 1. The van der Waals surface area contributed by atoms with Crippen LogP contribution < -0.4 is 10.1 Å². The standard InChI is InChI=1S/C21H20N2O4S/c1-3-26-17-11-9-16(10-12-17)23-18(24)13-27-21(25)20-19(22-14(2)28-20)15-7-5-4-6-8-15/h4-12H,3,13H2,1-2H3,(H,23,24). The van der Waals surface area contributed by atoms with Crippen molar-refractivity contribution >= 4 is 28.9 Å². The third-order valence-corrected chi connectivity index (χ3v) is 4.70. The van der Waals surface area contributed by atoms with Gasteiger partial charge < -0.3 is 14.8 Å². The maximum atomic E-state index is 12.5. The average Bonchev–Trinajstić information content (AvgIpc) is 3.10. The summed E-state index contributed by atoms with van der Waals surface area (Å²) in [5.41, 5.74) is 2.00. The Morgan fingerprint density at radius 3 is 2.46 bits per heavy atom. The molecule has 0 spiro atoms. The summed E-state index contributed by atoms with van der Waals surface area (Å²) in [6, 6.07) is 16.4. The van der Waals surface area contributed by atoms with Gasteiger partial charge in [-0.05, 0) is 38.1 Å². The van der Waals surface area contributed by atoms with E-state index in [2.05, 4.69) is 10.3 Å². The highest BCUT2D eigenvalue weighted by Gasteiger charge is 2.20. The van der Waals surface area contributed by atoms with Crippen molar-refractivity contribution in [3.05, 3.63) is 64.5 Å². The highest BCUT2D eigenvalue weighted by Crippen LogP contribution is 2.28. The van der Waals surface area contributed by atoms with E-state index in [0.29, 0.717) is 22.9 Å². The minimum absolute atomic E-state index is 0.378. The number of aryl methyl sites for hydroxylation is 1. The first-order valence-electron chi connectivity index (χ1n) is 8.79. The topological polar surface area (TPSA) is 77.5 Å². The molecule has 1 heterocycles. The van der Waals surface area contributed by atoms with E-state index in [1.54, 1.807) is 24.3 Å². The average molecular weight is 396 g/mol. The Labute approximate surface area is 167 Å².